The SMILES string of the molecule is Cc1cccnc1NC(=O)COC(=O)c1cccnc1. The number of aromatic nitrogens is 2. The molecule has 0 fully saturated rings. The van der Waals surface area contributed by atoms with Crippen molar-refractivity contribution in [2.75, 3.05) is 11.9 Å². The van der Waals surface area contributed by atoms with Gasteiger partial charge in [-0.05, 0) is 30.7 Å². The van der Waals surface area contributed by atoms with Gasteiger partial charge in [0.1, 0.15) is 5.82 Å². The minimum absolute atomic E-state index is 0.300. The van der Waals surface area contributed by atoms with Gasteiger partial charge in [-0.15, -0.1) is 0 Å². The fraction of sp³-hybridized carbons (Fsp3) is 0.143. The maximum absolute atomic E-state index is 11.7. The fourth-order valence-electron chi connectivity index (χ4n) is 1.48. The molecule has 0 saturated heterocycles. The number of nitrogens with one attached hydrogen (secondary N) is 1. The average Bonchev–Trinajstić information content (AvgIpc) is 2.48. The summed E-state index contributed by atoms with van der Waals surface area (Å²) in [7, 11) is 0. The molecule has 0 aliphatic carbocycles. The van der Waals surface area contributed by atoms with Gasteiger partial charge in [-0.25, -0.2) is 9.78 Å². The van der Waals surface area contributed by atoms with E-state index in [1.807, 2.05) is 13.0 Å². The van der Waals surface area contributed by atoms with Crippen LogP contribution in [0.3, 0.4) is 0 Å². The molecule has 0 saturated carbocycles. The van der Waals surface area contributed by atoms with Crippen molar-refractivity contribution in [3.05, 3.63) is 54.0 Å². The van der Waals surface area contributed by atoms with Crippen molar-refractivity contribution < 1.29 is 14.3 Å². The third-order valence-electron chi connectivity index (χ3n) is 2.50. The van der Waals surface area contributed by atoms with Gasteiger partial charge in [-0.2, -0.15) is 0 Å². The summed E-state index contributed by atoms with van der Waals surface area (Å²) in [4.78, 5) is 31.1. The van der Waals surface area contributed by atoms with Gasteiger partial charge in [0.05, 0.1) is 5.56 Å². The van der Waals surface area contributed by atoms with Crippen LogP contribution in [0.15, 0.2) is 42.9 Å². The first-order chi connectivity index (χ1) is 9.66. The van der Waals surface area contributed by atoms with Crippen LogP contribution in [0.4, 0.5) is 5.82 Å². The van der Waals surface area contributed by atoms with Crippen LogP contribution in [-0.2, 0) is 9.53 Å². The van der Waals surface area contributed by atoms with Gasteiger partial charge in [0, 0.05) is 18.6 Å². The van der Waals surface area contributed by atoms with Gasteiger partial charge in [0.15, 0.2) is 6.61 Å². The highest BCUT2D eigenvalue weighted by Gasteiger charge is 2.11. The third kappa shape index (κ3) is 3.61. The van der Waals surface area contributed by atoms with Crippen LogP contribution in [0.2, 0.25) is 0 Å². The average molecular weight is 271 g/mol. The Bertz CT molecular complexity index is 614. The molecule has 0 unspecified atom stereocenters. The van der Waals surface area contributed by atoms with Crippen molar-refractivity contribution in [3.8, 4) is 0 Å². The molecular weight excluding hydrogens is 258 g/mol. The lowest BCUT2D eigenvalue weighted by molar-refractivity contribution is -0.119. The Morgan fingerprint density at radius 3 is 2.75 bits per heavy atom. The minimum Gasteiger partial charge on any atom is -0.452 e. The number of ether oxygens (including phenoxy) is 1. The Morgan fingerprint density at radius 2 is 2.05 bits per heavy atom. The molecule has 0 spiro atoms. The van der Waals surface area contributed by atoms with Crippen LogP contribution >= 0.6 is 0 Å². The number of anilines is 1. The molecule has 2 aromatic rings. The highest BCUT2D eigenvalue weighted by atomic mass is 16.5. The minimum atomic E-state index is -0.592. The van der Waals surface area contributed by atoms with Crippen LogP contribution in [0.5, 0.6) is 0 Å². The summed E-state index contributed by atoms with van der Waals surface area (Å²) in [6.45, 7) is 1.45. The molecule has 0 aliphatic heterocycles. The van der Waals surface area contributed by atoms with Gasteiger partial charge in [0.25, 0.3) is 5.91 Å². The summed E-state index contributed by atoms with van der Waals surface area (Å²) >= 11 is 0. The molecule has 6 heteroatoms. The number of hydrogen-bond acceptors (Lipinski definition) is 5. The summed E-state index contributed by atoms with van der Waals surface area (Å²) in [5.74, 6) is -0.579. The van der Waals surface area contributed by atoms with E-state index in [4.69, 9.17) is 4.74 Å². The molecule has 0 aliphatic rings. The Balaban J connectivity index is 1.87. The van der Waals surface area contributed by atoms with E-state index in [1.54, 1.807) is 30.6 Å². The Labute approximate surface area is 115 Å². The third-order valence-corrected chi connectivity index (χ3v) is 2.50. The Morgan fingerprint density at radius 1 is 1.25 bits per heavy atom. The molecular formula is C14H13N3O3. The van der Waals surface area contributed by atoms with Crippen molar-refractivity contribution in [1.29, 1.82) is 0 Å². The zero-order chi connectivity index (χ0) is 14.4. The zero-order valence-electron chi connectivity index (χ0n) is 10.9. The van der Waals surface area contributed by atoms with Crippen LogP contribution in [-0.4, -0.2) is 28.5 Å². The highest BCUT2D eigenvalue weighted by molar-refractivity contribution is 5.95. The smallest absolute Gasteiger partial charge is 0.340 e. The first-order valence-electron chi connectivity index (χ1n) is 5.95. The molecule has 2 heterocycles. The number of amides is 1. The number of pyridine rings is 2. The maximum Gasteiger partial charge on any atom is 0.340 e. The molecule has 6 nitrogen and oxygen atoms in total. The van der Waals surface area contributed by atoms with Gasteiger partial charge < -0.3 is 10.1 Å². The van der Waals surface area contributed by atoms with E-state index in [2.05, 4.69) is 15.3 Å². The zero-order valence-corrected chi connectivity index (χ0v) is 10.9. The van der Waals surface area contributed by atoms with E-state index in [0.29, 0.717) is 11.4 Å². The fourth-order valence-corrected chi connectivity index (χ4v) is 1.48. The molecule has 0 aromatic carbocycles. The summed E-state index contributed by atoms with van der Waals surface area (Å²) in [6, 6.07) is 6.78. The largest absolute Gasteiger partial charge is 0.452 e. The first kappa shape index (κ1) is 13.7. The number of carbonyl (C=O) groups excluding carboxylic acids is 2. The van der Waals surface area contributed by atoms with Gasteiger partial charge in [-0.1, -0.05) is 6.07 Å². The molecule has 1 amide bonds. The van der Waals surface area contributed by atoms with Gasteiger partial charge in [0.2, 0.25) is 0 Å². The number of nitrogens with zero attached hydrogens (tertiary/aromatic N) is 2. The number of hydrogen-bond donors (Lipinski definition) is 1. The predicted molar refractivity (Wildman–Crippen MR) is 72.1 cm³/mol. The Hall–Kier alpha value is -2.76. The summed E-state index contributed by atoms with van der Waals surface area (Å²) in [6.07, 6.45) is 4.50. The van der Waals surface area contributed by atoms with Crippen molar-refractivity contribution in [3.63, 3.8) is 0 Å². The molecule has 2 rings (SSSR count). The van der Waals surface area contributed by atoms with E-state index in [1.165, 1.54) is 6.20 Å². The standard InChI is InChI=1S/C14H13N3O3/c1-10-4-2-7-16-13(10)17-12(18)9-20-14(19)11-5-3-6-15-8-11/h2-8H,9H2,1H3,(H,16,17,18). The monoisotopic (exact) mass is 271 g/mol. The normalized spacial score (nSPS) is 9.85. The number of aryl methyl sites for hydroxylation is 1. The number of rotatable bonds is 4. The van der Waals surface area contributed by atoms with Crippen molar-refractivity contribution in [1.82, 2.24) is 9.97 Å². The maximum atomic E-state index is 11.7. The lowest BCUT2D eigenvalue weighted by Gasteiger charge is -2.07. The lowest BCUT2D eigenvalue weighted by atomic mass is 10.3. The van der Waals surface area contributed by atoms with Crippen LogP contribution in [0.25, 0.3) is 0 Å². The quantitative estimate of drug-likeness (QED) is 0.854. The topological polar surface area (TPSA) is 81.2 Å². The second-order valence-corrected chi connectivity index (χ2v) is 4.03. The van der Waals surface area contributed by atoms with Gasteiger partial charge in [-0.3, -0.25) is 9.78 Å². The molecule has 0 radical (unpaired) electrons. The van der Waals surface area contributed by atoms with E-state index >= 15 is 0 Å². The first-order valence-corrected chi connectivity index (χ1v) is 5.95. The predicted octanol–water partition coefficient (Wildman–Crippen LogP) is 1.58. The molecule has 1 N–H and O–H groups in total. The summed E-state index contributed by atoms with van der Waals surface area (Å²) < 4.78 is 4.88. The summed E-state index contributed by atoms with van der Waals surface area (Å²) in [5, 5.41) is 2.57. The lowest BCUT2D eigenvalue weighted by Crippen LogP contribution is -2.21. The van der Waals surface area contributed by atoms with Crippen molar-refractivity contribution in [2.24, 2.45) is 0 Å². The number of carbonyl (C=O) groups is 2. The molecule has 20 heavy (non-hydrogen) atoms. The van der Waals surface area contributed by atoms with Crippen LogP contribution in [0.1, 0.15) is 15.9 Å². The highest BCUT2D eigenvalue weighted by Crippen LogP contribution is 2.08. The summed E-state index contributed by atoms with van der Waals surface area (Å²) in [5.41, 5.74) is 1.13. The molecule has 102 valence electrons. The second kappa shape index (κ2) is 6.42. The molecule has 0 bridgehead atoms. The van der Waals surface area contributed by atoms with Crippen LogP contribution in [0, 0.1) is 6.92 Å². The van der Waals surface area contributed by atoms with Crippen molar-refractivity contribution >= 4 is 17.7 Å². The Kier molecular flexibility index (Phi) is 4.39. The van der Waals surface area contributed by atoms with Crippen LogP contribution < -0.4 is 5.32 Å². The van der Waals surface area contributed by atoms with E-state index < -0.39 is 11.9 Å². The van der Waals surface area contributed by atoms with Gasteiger partial charge >= 0.3 is 5.97 Å². The van der Waals surface area contributed by atoms with E-state index in [9.17, 15) is 9.59 Å². The van der Waals surface area contributed by atoms with E-state index in [0.717, 1.165) is 5.56 Å². The second-order valence-electron chi connectivity index (χ2n) is 4.03. The number of esters is 1. The molecule has 0 atom stereocenters. The molecule has 2 aromatic heterocycles. The van der Waals surface area contributed by atoms with Crippen molar-refractivity contribution in [2.45, 2.75) is 6.92 Å². The van der Waals surface area contributed by atoms with E-state index in [-0.39, 0.29) is 6.61 Å².